The lowest BCUT2D eigenvalue weighted by atomic mass is 10.0. The highest BCUT2D eigenvalue weighted by molar-refractivity contribution is 4.84. The molecule has 0 radical (unpaired) electrons. The first-order valence-electron chi connectivity index (χ1n) is 8.29. The van der Waals surface area contributed by atoms with Gasteiger partial charge in [0.2, 0.25) is 0 Å². The minimum atomic E-state index is 0.804. The van der Waals surface area contributed by atoms with Crippen molar-refractivity contribution in [1.29, 1.82) is 0 Å². The molecule has 0 amide bonds. The Kier molecular flexibility index (Phi) is 5.97. The number of nitrogens with zero attached hydrogens (tertiary/aromatic N) is 2. The predicted octanol–water partition coefficient (Wildman–Crippen LogP) is 3.52. The van der Waals surface area contributed by atoms with E-state index in [1.165, 1.54) is 77.5 Å². The fraction of sp³-hybridized carbons (Fsp3) is 1.00. The van der Waals surface area contributed by atoms with Gasteiger partial charge >= 0.3 is 0 Å². The summed E-state index contributed by atoms with van der Waals surface area (Å²) in [6, 6.07) is 1.67. The van der Waals surface area contributed by atoms with Crippen molar-refractivity contribution in [2.24, 2.45) is 0 Å². The molecule has 2 aliphatic heterocycles. The highest BCUT2D eigenvalue weighted by Gasteiger charge is 2.28. The molecule has 0 saturated carbocycles. The first-order valence-corrected chi connectivity index (χ1v) is 8.29. The first-order chi connectivity index (χ1) is 8.81. The summed E-state index contributed by atoms with van der Waals surface area (Å²) in [5.74, 6) is 0. The van der Waals surface area contributed by atoms with Crippen LogP contribution in [0.4, 0.5) is 0 Å². The van der Waals surface area contributed by atoms with Gasteiger partial charge in [0, 0.05) is 18.6 Å². The van der Waals surface area contributed by atoms with E-state index in [4.69, 9.17) is 0 Å². The minimum absolute atomic E-state index is 0.804. The van der Waals surface area contributed by atoms with E-state index in [1.807, 2.05) is 0 Å². The molecule has 0 aromatic carbocycles. The molecule has 2 aliphatic rings. The van der Waals surface area contributed by atoms with Gasteiger partial charge in [-0.05, 0) is 52.2 Å². The average Bonchev–Trinajstić information content (AvgIpc) is 2.61. The maximum atomic E-state index is 2.78. The van der Waals surface area contributed by atoms with Crippen LogP contribution in [-0.4, -0.2) is 48.1 Å². The highest BCUT2D eigenvalue weighted by atomic mass is 15.3. The summed E-state index contributed by atoms with van der Waals surface area (Å²) < 4.78 is 0. The zero-order chi connectivity index (χ0) is 12.8. The molecule has 18 heavy (non-hydrogen) atoms. The second-order valence-corrected chi connectivity index (χ2v) is 6.38. The van der Waals surface area contributed by atoms with E-state index in [2.05, 4.69) is 23.6 Å². The molecular weight excluding hydrogens is 220 g/mol. The van der Waals surface area contributed by atoms with Gasteiger partial charge in [-0.1, -0.05) is 32.6 Å². The molecule has 2 atom stereocenters. The van der Waals surface area contributed by atoms with Crippen LogP contribution in [0.5, 0.6) is 0 Å². The van der Waals surface area contributed by atoms with Gasteiger partial charge in [-0.3, -0.25) is 9.80 Å². The molecular formula is C16H32N2. The Hall–Kier alpha value is -0.0800. The number of unbranched alkanes of at least 4 members (excludes halogenated alkanes) is 2. The zero-order valence-corrected chi connectivity index (χ0v) is 12.5. The van der Waals surface area contributed by atoms with Crippen molar-refractivity contribution in [3.63, 3.8) is 0 Å². The Bertz CT molecular complexity index is 229. The summed E-state index contributed by atoms with van der Waals surface area (Å²) in [4.78, 5) is 5.55. The second-order valence-electron chi connectivity index (χ2n) is 6.38. The van der Waals surface area contributed by atoms with Gasteiger partial charge in [-0.15, -0.1) is 0 Å². The molecule has 0 aromatic rings. The third kappa shape index (κ3) is 3.96. The monoisotopic (exact) mass is 252 g/mol. The van der Waals surface area contributed by atoms with Crippen molar-refractivity contribution in [2.45, 2.75) is 77.3 Å². The van der Waals surface area contributed by atoms with Gasteiger partial charge in [-0.2, -0.15) is 0 Å². The van der Waals surface area contributed by atoms with Crippen molar-refractivity contribution in [1.82, 2.24) is 9.80 Å². The summed E-state index contributed by atoms with van der Waals surface area (Å²) in [5.41, 5.74) is 0. The smallest absolute Gasteiger partial charge is 0.0223 e. The molecule has 106 valence electrons. The Morgan fingerprint density at radius 2 is 1.89 bits per heavy atom. The summed E-state index contributed by atoms with van der Waals surface area (Å²) in [6.07, 6.45) is 11.3. The van der Waals surface area contributed by atoms with Crippen molar-refractivity contribution in [2.75, 3.05) is 26.2 Å². The molecule has 2 nitrogen and oxygen atoms in total. The second kappa shape index (κ2) is 7.49. The van der Waals surface area contributed by atoms with E-state index in [1.54, 1.807) is 0 Å². The van der Waals surface area contributed by atoms with E-state index in [0.29, 0.717) is 0 Å². The number of piperidine rings is 1. The number of rotatable bonds is 5. The normalized spacial score (nSPS) is 28.7. The van der Waals surface area contributed by atoms with Crippen molar-refractivity contribution >= 4 is 0 Å². The maximum Gasteiger partial charge on any atom is 0.0223 e. The van der Waals surface area contributed by atoms with E-state index >= 15 is 0 Å². The van der Waals surface area contributed by atoms with E-state index in [-0.39, 0.29) is 0 Å². The lowest BCUT2D eigenvalue weighted by Crippen LogP contribution is -2.45. The van der Waals surface area contributed by atoms with Gasteiger partial charge in [0.25, 0.3) is 0 Å². The molecule has 2 saturated heterocycles. The van der Waals surface area contributed by atoms with Gasteiger partial charge in [0.05, 0.1) is 0 Å². The van der Waals surface area contributed by atoms with Gasteiger partial charge in [0.1, 0.15) is 0 Å². The van der Waals surface area contributed by atoms with Gasteiger partial charge < -0.3 is 0 Å². The quantitative estimate of drug-likeness (QED) is 0.691. The van der Waals surface area contributed by atoms with E-state index in [0.717, 1.165) is 12.1 Å². The topological polar surface area (TPSA) is 6.48 Å². The molecule has 0 N–H and O–H groups in total. The van der Waals surface area contributed by atoms with Crippen LogP contribution in [0.15, 0.2) is 0 Å². The molecule has 2 unspecified atom stereocenters. The van der Waals surface area contributed by atoms with Crippen LogP contribution in [0, 0.1) is 0 Å². The maximum absolute atomic E-state index is 2.78. The molecule has 2 rings (SSSR count). The molecule has 2 fully saturated rings. The SMILES string of the molecule is CCCCCC(C)N1CCCN2CCCCC2C1. The molecule has 0 aliphatic carbocycles. The standard InChI is InChI=1S/C16H32N2/c1-3-4-5-9-15(2)18-13-8-12-17-11-7-6-10-16(17)14-18/h15-16H,3-14H2,1-2H3. The fourth-order valence-corrected chi connectivity index (χ4v) is 3.67. The predicted molar refractivity (Wildman–Crippen MR) is 79.0 cm³/mol. The third-order valence-electron chi connectivity index (χ3n) is 4.93. The summed E-state index contributed by atoms with van der Waals surface area (Å²) >= 11 is 0. The van der Waals surface area contributed by atoms with E-state index in [9.17, 15) is 0 Å². The van der Waals surface area contributed by atoms with Crippen molar-refractivity contribution < 1.29 is 0 Å². The molecule has 2 heteroatoms. The Balaban J connectivity index is 1.81. The Labute approximate surface area is 114 Å². The fourth-order valence-electron chi connectivity index (χ4n) is 3.67. The first kappa shape index (κ1) is 14.3. The van der Waals surface area contributed by atoms with Crippen molar-refractivity contribution in [3.8, 4) is 0 Å². The number of hydrogen-bond donors (Lipinski definition) is 0. The van der Waals surface area contributed by atoms with Crippen LogP contribution in [0.25, 0.3) is 0 Å². The van der Waals surface area contributed by atoms with E-state index < -0.39 is 0 Å². The summed E-state index contributed by atoms with van der Waals surface area (Å²) in [7, 11) is 0. The largest absolute Gasteiger partial charge is 0.299 e. The van der Waals surface area contributed by atoms with Crippen LogP contribution in [0.3, 0.4) is 0 Å². The lowest BCUT2D eigenvalue weighted by molar-refractivity contribution is 0.120. The summed E-state index contributed by atoms with van der Waals surface area (Å²) in [5, 5.41) is 0. The van der Waals surface area contributed by atoms with Gasteiger partial charge in [-0.25, -0.2) is 0 Å². The molecule has 2 heterocycles. The molecule has 0 aromatic heterocycles. The molecule has 0 bridgehead atoms. The number of fused-ring (bicyclic) bond motifs is 1. The van der Waals surface area contributed by atoms with Crippen LogP contribution in [0.1, 0.15) is 65.2 Å². The van der Waals surface area contributed by atoms with Crippen LogP contribution in [0.2, 0.25) is 0 Å². The summed E-state index contributed by atoms with van der Waals surface area (Å²) in [6.45, 7) is 10.1. The average molecular weight is 252 g/mol. The van der Waals surface area contributed by atoms with Crippen LogP contribution < -0.4 is 0 Å². The third-order valence-corrected chi connectivity index (χ3v) is 4.93. The highest BCUT2D eigenvalue weighted by Crippen LogP contribution is 2.23. The lowest BCUT2D eigenvalue weighted by Gasteiger charge is -2.37. The van der Waals surface area contributed by atoms with Gasteiger partial charge in [0.15, 0.2) is 0 Å². The molecule has 0 spiro atoms. The Morgan fingerprint density at radius 1 is 1.06 bits per heavy atom. The Morgan fingerprint density at radius 3 is 2.72 bits per heavy atom. The minimum Gasteiger partial charge on any atom is -0.299 e. The van der Waals surface area contributed by atoms with Crippen molar-refractivity contribution in [3.05, 3.63) is 0 Å². The number of hydrogen-bond acceptors (Lipinski definition) is 2. The van der Waals surface area contributed by atoms with Crippen LogP contribution in [-0.2, 0) is 0 Å². The zero-order valence-electron chi connectivity index (χ0n) is 12.5. The van der Waals surface area contributed by atoms with Crippen LogP contribution >= 0.6 is 0 Å².